The van der Waals surface area contributed by atoms with Gasteiger partial charge in [0.05, 0.1) is 13.0 Å². The zero-order chi connectivity index (χ0) is 11.6. The normalized spacial score (nSPS) is 12.3. The van der Waals surface area contributed by atoms with Crippen molar-refractivity contribution in [2.24, 2.45) is 0 Å². The minimum Gasteiger partial charge on any atom is -0.505 e. The number of esters is 1. The van der Waals surface area contributed by atoms with Crippen LogP contribution in [0.3, 0.4) is 0 Å². The largest absolute Gasteiger partial charge is 0.505 e. The van der Waals surface area contributed by atoms with Gasteiger partial charge in [-0.2, -0.15) is 0 Å². The van der Waals surface area contributed by atoms with Crippen molar-refractivity contribution >= 4 is 5.97 Å². The van der Waals surface area contributed by atoms with Gasteiger partial charge in [0.2, 0.25) is 0 Å². The van der Waals surface area contributed by atoms with Crippen molar-refractivity contribution in [3.63, 3.8) is 0 Å². The number of halogens is 2. The van der Waals surface area contributed by atoms with Crippen LogP contribution in [-0.2, 0) is 9.53 Å². The highest BCUT2D eigenvalue weighted by molar-refractivity contribution is 5.77. The van der Waals surface area contributed by atoms with E-state index in [4.69, 9.17) is 5.11 Å². The van der Waals surface area contributed by atoms with Crippen molar-refractivity contribution in [1.29, 1.82) is 0 Å². The molecular formula is C10H10F2O3. The molecule has 0 spiro atoms. The summed E-state index contributed by atoms with van der Waals surface area (Å²) >= 11 is 0. The first-order chi connectivity index (χ1) is 6.99. The number of rotatable bonds is 2. The number of benzene rings is 1. The second-order valence-corrected chi connectivity index (χ2v) is 3.04. The van der Waals surface area contributed by atoms with E-state index in [1.54, 1.807) is 0 Å². The quantitative estimate of drug-likeness (QED) is 0.768. The summed E-state index contributed by atoms with van der Waals surface area (Å²) in [5.74, 6) is -4.57. The summed E-state index contributed by atoms with van der Waals surface area (Å²) in [5, 5.41) is 9.03. The number of hydrogen-bond donors (Lipinski definition) is 1. The van der Waals surface area contributed by atoms with Crippen molar-refractivity contribution in [3.05, 3.63) is 29.3 Å². The van der Waals surface area contributed by atoms with Crippen LogP contribution in [0.2, 0.25) is 0 Å². The molecule has 1 atom stereocenters. The van der Waals surface area contributed by atoms with Crippen LogP contribution in [-0.4, -0.2) is 18.2 Å². The molecule has 0 aliphatic carbocycles. The first-order valence-corrected chi connectivity index (χ1v) is 4.23. The molecule has 1 aromatic rings. The topological polar surface area (TPSA) is 46.5 Å². The molecule has 0 radical (unpaired) electrons. The van der Waals surface area contributed by atoms with Crippen LogP contribution in [0.5, 0.6) is 5.75 Å². The van der Waals surface area contributed by atoms with Crippen LogP contribution in [0.1, 0.15) is 18.4 Å². The van der Waals surface area contributed by atoms with Gasteiger partial charge in [-0.3, -0.25) is 4.79 Å². The average Bonchev–Trinajstić information content (AvgIpc) is 2.22. The van der Waals surface area contributed by atoms with Crippen LogP contribution in [0.4, 0.5) is 8.78 Å². The van der Waals surface area contributed by atoms with Crippen molar-refractivity contribution in [1.82, 2.24) is 0 Å². The maximum atomic E-state index is 13.3. The number of aromatic hydroxyl groups is 1. The Morgan fingerprint density at radius 3 is 2.60 bits per heavy atom. The summed E-state index contributed by atoms with van der Waals surface area (Å²) < 4.78 is 30.9. The molecule has 82 valence electrons. The summed E-state index contributed by atoms with van der Waals surface area (Å²) in [6.45, 7) is 1.30. The number of carbonyl (C=O) groups excluding carboxylic acids is 1. The molecule has 0 amide bonds. The molecule has 5 heteroatoms. The van der Waals surface area contributed by atoms with E-state index in [0.717, 1.165) is 19.2 Å². The number of methoxy groups -OCH3 is 1. The predicted octanol–water partition coefficient (Wildman–Crippen LogP) is 1.95. The van der Waals surface area contributed by atoms with Crippen LogP contribution in [0.25, 0.3) is 0 Å². The highest BCUT2D eigenvalue weighted by Gasteiger charge is 2.25. The van der Waals surface area contributed by atoms with E-state index in [2.05, 4.69) is 4.74 Å². The molecule has 0 saturated heterocycles. The fraction of sp³-hybridized carbons (Fsp3) is 0.300. The Bertz CT molecular complexity index is 390. The molecule has 1 N–H and O–H groups in total. The third-order valence-corrected chi connectivity index (χ3v) is 2.09. The van der Waals surface area contributed by atoms with Gasteiger partial charge in [0.25, 0.3) is 0 Å². The number of phenols is 1. The van der Waals surface area contributed by atoms with Crippen molar-refractivity contribution < 1.29 is 23.4 Å². The maximum absolute atomic E-state index is 13.3. The van der Waals surface area contributed by atoms with Gasteiger partial charge in [0.15, 0.2) is 11.6 Å². The molecule has 0 fully saturated rings. The van der Waals surface area contributed by atoms with Crippen LogP contribution in [0.15, 0.2) is 12.1 Å². The van der Waals surface area contributed by atoms with Crippen LogP contribution in [0, 0.1) is 11.6 Å². The van der Waals surface area contributed by atoms with E-state index in [9.17, 15) is 13.6 Å². The van der Waals surface area contributed by atoms with E-state index >= 15 is 0 Å². The summed E-state index contributed by atoms with van der Waals surface area (Å²) in [4.78, 5) is 11.1. The number of ether oxygens (including phenoxy) is 1. The molecular weight excluding hydrogens is 206 g/mol. The highest BCUT2D eigenvalue weighted by atomic mass is 19.1. The number of phenolic OH excluding ortho intramolecular Hbond substituents is 1. The van der Waals surface area contributed by atoms with Crippen molar-refractivity contribution in [2.75, 3.05) is 7.11 Å². The summed E-state index contributed by atoms with van der Waals surface area (Å²) in [5.41, 5.74) is -0.484. The van der Waals surface area contributed by atoms with Gasteiger partial charge in [-0.05, 0) is 19.1 Å². The van der Waals surface area contributed by atoms with Gasteiger partial charge in [-0.1, -0.05) is 0 Å². The highest BCUT2D eigenvalue weighted by Crippen LogP contribution is 2.28. The van der Waals surface area contributed by atoms with Gasteiger partial charge in [0.1, 0.15) is 5.82 Å². The summed E-state index contributed by atoms with van der Waals surface area (Å²) in [7, 11) is 1.12. The summed E-state index contributed by atoms with van der Waals surface area (Å²) in [6, 6.07) is 1.78. The van der Waals surface area contributed by atoms with Crippen LogP contribution < -0.4 is 0 Å². The molecule has 0 heterocycles. The SMILES string of the molecule is COC(=O)C(C)c1c(F)ccc(O)c1F. The lowest BCUT2D eigenvalue weighted by atomic mass is 9.99. The minimum atomic E-state index is -1.13. The van der Waals surface area contributed by atoms with Gasteiger partial charge in [0, 0.05) is 5.56 Å². The molecule has 0 aliphatic heterocycles. The van der Waals surface area contributed by atoms with Gasteiger partial charge in [-0.15, -0.1) is 0 Å². The predicted molar refractivity (Wildman–Crippen MR) is 48.5 cm³/mol. The maximum Gasteiger partial charge on any atom is 0.313 e. The number of hydrogen-bond acceptors (Lipinski definition) is 3. The fourth-order valence-corrected chi connectivity index (χ4v) is 1.25. The minimum absolute atomic E-state index is 0.484. The molecule has 0 aromatic heterocycles. The van der Waals surface area contributed by atoms with Crippen LogP contribution >= 0.6 is 0 Å². The number of carbonyl (C=O) groups is 1. The molecule has 15 heavy (non-hydrogen) atoms. The Kier molecular flexibility index (Phi) is 3.24. The Morgan fingerprint density at radius 1 is 1.47 bits per heavy atom. The van der Waals surface area contributed by atoms with Gasteiger partial charge >= 0.3 is 5.97 Å². The monoisotopic (exact) mass is 216 g/mol. The Hall–Kier alpha value is -1.65. The molecule has 0 aliphatic rings. The molecule has 1 rings (SSSR count). The third-order valence-electron chi connectivity index (χ3n) is 2.09. The fourth-order valence-electron chi connectivity index (χ4n) is 1.25. The Morgan fingerprint density at radius 2 is 2.07 bits per heavy atom. The second-order valence-electron chi connectivity index (χ2n) is 3.04. The smallest absolute Gasteiger partial charge is 0.313 e. The van der Waals surface area contributed by atoms with E-state index in [-0.39, 0.29) is 0 Å². The van der Waals surface area contributed by atoms with Crippen molar-refractivity contribution in [3.8, 4) is 5.75 Å². The van der Waals surface area contributed by atoms with E-state index in [1.165, 1.54) is 6.92 Å². The zero-order valence-electron chi connectivity index (χ0n) is 8.25. The zero-order valence-corrected chi connectivity index (χ0v) is 8.25. The van der Waals surface area contributed by atoms with E-state index < -0.39 is 34.8 Å². The summed E-state index contributed by atoms with van der Waals surface area (Å²) in [6.07, 6.45) is 0. The molecule has 3 nitrogen and oxygen atoms in total. The third kappa shape index (κ3) is 2.06. The Labute approximate surface area is 85.3 Å². The lowest BCUT2D eigenvalue weighted by Gasteiger charge is -2.12. The second kappa shape index (κ2) is 4.25. The van der Waals surface area contributed by atoms with Gasteiger partial charge in [-0.25, -0.2) is 8.78 Å². The lowest BCUT2D eigenvalue weighted by Crippen LogP contribution is -2.14. The molecule has 1 unspecified atom stereocenters. The standard InChI is InChI=1S/C10H10F2O3/c1-5(10(14)15-2)8-6(11)3-4-7(13)9(8)12/h3-5,13H,1-2H3. The molecule has 1 aromatic carbocycles. The average molecular weight is 216 g/mol. The van der Waals surface area contributed by atoms with Gasteiger partial charge < -0.3 is 9.84 Å². The first kappa shape index (κ1) is 11.4. The Balaban J connectivity index is 3.24. The van der Waals surface area contributed by atoms with E-state index in [0.29, 0.717) is 0 Å². The van der Waals surface area contributed by atoms with Crippen molar-refractivity contribution in [2.45, 2.75) is 12.8 Å². The van der Waals surface area contributed by atoms with E-state index in [1.807, 2.05) is 0 Å². The lowest BCUT2D eigenvalue weighted by molar-refractivity contribution is -0.142. The molecule has 0 saturated carbocycles. The first-order valence-electron chi connectivity index (χ1n) is 4.23. The molecule has 0 bridgehead atoms.